The number of aliphatic carboxylic acids is 1. The second kappa shape index (κ2) is 8.56. The van der Waals surface area contributed by atoms with E-state index in [2.05, 4.69) is 10.6 Å². The van der Waals surface area contributed by atoms with Gasteiger partial charge >= 0.3 is 12.0 Å². The highest BCUT2D eigenvalue weighted by Crippen LogP contribution is 2.33. The van der Waals surface area contributed by atoms with Crippen molar-refractivity contribution in [1.29, 1.82) is 0 Å². The van der Waals surface area contributed by atoms with Gasteiger partial charge in [-0.2, -0.15) is 0 Å². The maximum Gasteiger partial charge on any atom is 0.317 e. The first-order valence-electron chi connectivity index (χ1n) is 9.42. The molecule has 0 spiro atoms. The summed E-state index contributed by atoms with van der Waals surface area (Å²) in [4.78, 5) is 25.2. The number of carbonyl (C=O) groups excluding carboxylic acids is 1. The lowest BCUT2D eigenvalue weighted by atomic mass is 9.85. The Labute approximate surface area is 157 Å². The van der Waals surface area contributed by atoms with Crippen molar-refractivity contribution in [2.24, 2.45) is 0 Å². The van der Waals surface area contributed by atoms with Gasteiger partial charge in [-0.3, -0.25) is 9.69 Å². The van der Waals surface area contributed by atoms with Crippen LogP contribution in [0.4, 0.5) is 9.18 Å². The Kier molecular flexibility index (Phi) is 6.15. The Balaban J connectivity index is 1.52. The summed E-state index contributed by atoms with van der Waals surface area (Å²) in [6, 6.07) is 4.36. The smallest absolute Gasteiger partial charge is 0.317 e. The van der Waals surface area contributed by atoms with E-state index < -0.39 is 11.8 Å². The molecule has 3 N–H and O–H groups in total. The summed E-state index contributed by atoms with van der Waals surface area (Å²) in [7, 11) is 0. The highest BCUT2D eigenvalue weighted by molar-refractivity contribution is 5.75. The average molecular weight is 379 g/mol. The van der Waals surface area contributed by atoms with Gasteiger partial charge in [0.05, 0.1) is 19.2 Å². The molecule has 0 aromatic heterocycles. The highest BCUT2D eigenvalue weighted by atomic mass is 19.1. The number of carboxylic acid groups (broad SMARTS) is 1. The van der Waals surface area contributed by atoms with E-state index in [0.29, 0.717) is 25.1 Å². The predicted molar refractivity (Wildman–Crippen MR) is 97.2 cm³/mol. The zero-order valence-electron chi connectivity index (χ0n) is 15.4. The number of amides is 2. The number of ether oxygens (including phenoxy) is 1. The standard InChI is InChI=1S/C19H26FN3O4/c1-2-23(11-17(24)25)13-9-12(10-13)21-19(26)22-16-7-4-8-27-18-14(16)5-3-6-15(18)20/h3,5-6,12-13,16H,2,4,7-11H2,1H3,(H,24,25)(H2,21,22,26). The van der Waals surface area contributed by atoms with Crippen LogP contribution in [0.5, 0.6) is 5.75 Å². The fourth-order valence-corrected chi connectivity index (χ4v) is 3.78. The van der Waals surface area contributed by atoms with Gasteiger partial charge < -0.3 is 20.5 Å². The van der Waals surface area contributed by atoms with Gasteiger partial charge in [0, 0.05) is 17.6 Å². The molecular formula is C19H26FN3O4. The van der Waals surface area contributed by atoms with E-state index in [1.807, 2.05) is 11.8 Å². The first-order valence-corrected chi connectivity index (χ1v) is 9.42. The van der Waals surface area contributed by atoms with E-state index in [0.717, 1.165) is 19.3 Å². The number of hydrogen-bond acceptors (Lipinski definition) is 4. The van der Waals surface area contributed by atoms with Crippen molar-refractivity contribution >= 4 is 12.0 Å². The molecule has 1 aromatic carbocycles. The summed E-state index contributed by atoms with van der Waals surface area (Å²) >= 11 is 0. The molecule has 0 bridgehead atoms. The Bertz CT molecular complexity index is 694. The number of rotatable bonds is 6. The number of nitrogens with zero attached hydrogens (tertiary/aromatic N) is 1. The normalized spacial score (nSPS) is 24.2. The first kappa shape index (κ1) is 19.4. The molecule has 8 heteroatoms. The van der Waals surface area contributed by atoms with Crippen molar-refractivity contribution in [2.75, 3.05) is 19.7 Å². The third-order valence-corrected chi connectivity index (χ3v) is 5.27. The number of hydrogen-bond donors (Lipinski definition) is 3. The lowest BCUT2D eigenvalue weighted by Gasteiger charge is -2.42. The summed E-state index contributed by atoms with van der Waals surface area (Å²) in [5, 5.41) is 14.8. The summed E-state index contributed by atoms with van der Waals surface area (Å²) in [5.74, 6) is -1.04. The molecule has 3 rings (SSSR count). The summed E-state index contributed by atoms with van der Waals surface area (Å²) in [6.45, 7) is 3.04. The van der Waals surface area contributed by atoms with Crippen molar-refractivity contribution in [2.45, 2.75) is 50.7 Å². The molecule has 148 valence electrons. The van der Waals surface area contributed by atoms with Crippen LogP contribution in [-0.2, 0) is 4.79 Å². The van der Waals surface area contributed by atoms with Gasteiger partial charge in [-0.05, 0) is 38.3 Å². The van der Waals surface area contributed by atoms with Gasteiger partial charge in [0.1, 0.15) is 0 Å². The average Bonchev–Trinajstić information content (AvgIpc) is 2.79. The number of nitrogens with one attached hydrogen (secondary N) is 2. The number of carbonyl (C=O) groups is 2. The maximum atomic E-state index is 14.0. The van der Waals surface area contributed by atoms with Crippen LogP contribution in [0.25, 0.3) is 0 Å². The molecule has 0 saturated heterocycles. The quantitative estimate of drug-likeness (QED) is 0.705. The molecule has 1 saturated carbocycles. The zero-order valence-corrected chi connectivity index (χ0v) is 15.4. The Morgan fingerprint density at radius 2 is 2.11 bits per heavy atom. The number of carboxylic acids is 1. The van der Waals surface area contributed by atoms with E-state index in [4.69, 9.17) is 9.84 Å². The molecule has 1 aliphatic carbocycles. The van der Waals surface area contributed by atoms with Crippen LogP contribution >= 0.6 is 0 Å². The van der Waals surface area contributed by atoms with Crippen LogP contribution in [0, 0.1) is 5.82 Å². The Morgan fingerprint density at radius 1 is 1.33 bits per heavy atom. The number of para-hydroxylation sites is 1. The Morgan fingerprint density at radius 3 is 2.81 bits per heavy atom. The van der Waals surface area contributed by atoms with E-state index in [1.54, 1.807) is 12.1 Å². The van der Waals surface area contributed by atoms with Gasteiger partial charge in [0.2, 0.25) is 0 Å². The van der Waals surface area contributed by atoms with E-state index in [-0.39, 0.29) is 36.5 Å². The first-order chi connectivity index (χ1) is 13.0. The molecule has 2 amide bonds. The van der Waals surface area contributed by atoms with Crippen LogP contribution < -0.4 is 15.4 Å². The van der Waals surface area contributed by atoms with Crippen molar-refractivity contribution in [3.8, 4) is 5.75 Å². The van der Waals surface area contributed by atoms with Crippen molar-refractivity contribution in [1.82, 2.24) is 15.5 Å². The molecule has 0 radical (unpaired) electrons. The van der Waals surface area contributed by atoms with Crippen molar-refractivity contribution < 1.29 is 23.8 Å². The number of urea groups is 1. The zero-order chi connectivity index (χ0) is 19.4. The summed E-state index contributed by atoms with van der Waals surface area (Å²) in [6.07, 6.45) is 2.87. The van der Waals surface area contributed by atoms with Gasteiger partial charge in [0.25, 0.3) is 0 Å². The second-order valence-electron chi connectivity index (χ2n) is 7.10. The van der Waals surface area contributed by atoms with Crippen LogP contribution in [-0.4, -0.2) is 53.8 Å². The minimum Gasteiger partial charge on any atom is -0.490 e. The molecule has 1 heterocycles. The number of fused-ring (bicyclic) bond motifs is 1. The fraction of sp³-hybridized carbons (Fsp3) is 0.579. The largest absolute Gasteiger partial charge is 0.490 e. The SMILES string of the molecule is CCN(CC(=O)O)C1CC(NC(=O)NC2CCCOc3c(F)cccc32)C1. The van der Waals surface area contributed by atoms with Crippen molar-refractivity contribution in [3.05, 3.63) is 29.6 Å². The van der Waals surface area contributed by atoms with Crippen LogP contribution in [0.3, 0.4) is 0 Å². The third-order valence-electron chi connectivity index (χ3n) is 5.27. The third kappa shape index (κ3) is 4.68. The lowest BCUT2D eigenvalue weighted by molar-refractivity contribution is -0.139. The van der Waals surface area contributed by atoms with Gasteiger partial charge in [0.15, 0.2) is 11.6 Å². The highest BCUT2D eigenvalue weighted by Gasteiger charge is 2.35. The van der Waals surface area contributed by atoms with Crippen LogP contribution in [0.15, 0.2) is 18.2 Å². The predicted octanol–water partition coefficient (Wildman–Crippen LogP) is 2.28. The Hall–Kier alpha value is -2.35. The summed E-state index contributed by atoms with van der Waals surface area (Å²) < 4.78 is 19.5. The number of likely N-dealkylation sites (N-methyl/N-ethyl adjacent to an activating group) is 1. The number of halogens is 1. The molecule has 27 heavy (non-hydrogen) atoms. The maximum absolute atomic E-state index is 14.0. The minimum atomic E-state index is -0.840. The molecule has 7 nitrogen and oxygen atoms in total. The fourth-order valence-electron chi connectivity index (χ4n) is 3.78. The molecule has 1 aliphatic heterocycles. The molecule has 1 unspecified atom stereocenters. The van der Waals surface area contributed by atoms with E-state index in [9.17, 15) is 14.0 Å². The van der Waals surface area contributed by atoms with Crippen LogP contribution in [0.2, 0.25) is 0 Å². The number of benzene rings is 1. The summed E-state index contributed by atoms with van der Waals surface area (Å²) in [5.41, 5.74) is 0.660. The van der Waals surface area contributed by atoms with Gasteiger partial charge in [-0.25, -0.2) is 9.18 Å². The molecule has 1 atom stereocenters. The van der Waals surface area contributed by atoms with Gasteiger partial charge in [-0.1, -0.05) is 19.1 Å². The minimum absolute atomic E-state index is 0.0184. The monoisotopic (exact) mass is 379 g/mol. The molecule has 2 aliphatic rings. The topological polar surface area (TPSA) is 90.9 Å². The molecular weight excluding hydrogens is 353 g/mol. The van der Waals surface area contributed by atoms with Gasteiger partial charge in [-0.15, -0.1) is 0 Å². The lowest BCUT2D eigenvalue weighted by Crippen LogP contribution is -2.56. The molecule has 1 fully saturated rings. The second-order valence-corrected chi connectivity index (χ2v) is 7.10. The van der Waals surface area contributed by atoms with E-state index in [1.165, 1.54) is 6.07 Å². The van der Waals surface area contributed by atoms with E-state index >= 15 is 0 Å². The van der Waals surface area contributed by atoms with Crippen molar-refractivity contribution in [3.63, 3.8) is 0 Å². The van der Waals surface area contributed by atoms with Crippen LogP contribution in [0.1, 0.15) is 44.2 Å². The molecule has 1 aromatic rings.